The maximum absolute atomic E-state index is 13.9. The summed E-state index contributed by atoms with van der Waals surface area (Å²) < 4.78 is 54.3. The number of benzene rings is 4. The van der Waals surface area contributed by atoms with Gasteiger partial charge in [0.05, 0.1) is 27.4 Å². The number of hydrogen-bond donors (Lipinski definition) is 1. The minimum atomic E-state index is -1.11. The number of anilines is 2. The number of carbonyl (C=O) groups is 2. The average Bonchev–Trinajstić information content (AvgIpc) is 3.13. The number of hydrogen-bond acceptors (Lipinski definition) is 9. The van der Waals surface area contributed by atoms with Gasteiger partial charge in [-0.05, 0) is 84.9 Å². The molecule has 2 aromatic heterocycles. The number of nitrogens with zero attached hydrogens (tertiary/aromatic N) is 6. The molecule has 0 bridgehead atoms. The SMILES string of the molecule is O=C(O)C1CN(c2cc(-c3ccc(F)cc3)nc(-c3ccc(Cl)c(F)c3)n2)C1.O=C([O-])C1CN(c2cc(-c3ccc(F)cc3)nc(-c3ccc(Cl)c(F)c3)n2)C1.[Na+]. The zero-order chi connectivity index (χ0) is 39.7. The Hall–Kier alpha value is -5.12. The van der Waals surface area contributed by atoms with E-state index >= 15 is 0 Å². The van der Waals surface area contributed by atoms with Crippen LogP contribution in [0.25, 0.3) is 45.3 Å². The number of carbonyl (C=O) groups excluding carboxylic acids is 1. The predicted octanol–water partition coefficient (Wildman–Crippen LogP) is 4.20. The van der Waals surface area contributed by atoms with Gasteiger partial charge in [-0.25, -0.2) is 37.5 Å². The van der Waals surface area contributed by atoms with Gasteiger partial charge in [-0.1, -0.05) is 23.2 Å². The van der Waals surface area contributed by atoms with Crippen molar-refractivity contribution in [3.63, 3.8) is 0 Å². The summed E-state index contributed by atoms with van der Waals surface area (Å²) in [5, 5.41) is 20.0. The van der Waals surface area contributed by atoms with Gasteiger partial charge >= 0.3 is 35.5 Å². The Kier molecular flexibility index (Phi) is 12.8. The Labute approximate surface area is 355 Å². The van der Waals surface area contributed by atoms with Crippen molar-refractivity contribution in [2.45, 2.75) is 0 Å². The number of aliphatic carboxylic acids is 2. The monoisotopic (exact) mass is 824 g/mol. The Balaban J connectivity index is 0.000000189. The number of rotatable bonds is 8. The van der Waals surface area contributed by atoms with Crippen LogP contribution in [0.1, 0.15) is 0 Å². The summed E-state index contributed by atoms with van der Waals surface area (Å²) in [7, 11) is 0. The van der Waals surface area contributed by atoms with Crippen molar-refractivity contribution in [1.82, 2.24) is 19.9 Å². The molecule has 0 aliphatic carbocycles. The Bertz CT molecular complexity index is 2290. The Morgan fingerprint density at radius 3 is 1.30 bits per heavy atom. The molecule has 1 N–H and O–H groups in total. The van der Waals surface area contributed by atoms with E-state index in [9.17, 15) is 32.3 Å². The molecule has 2 aliphatic heterocycles. The standard InChI is InChI=1S/2C20H14ClF2N3O2.Na/c2*21-15-6-3-12(7-16(15)23)19-24-17(11-1-4-14(22)5-2-11)8-18(25-19)26-9-13(10-26)20(27)28;/h2*1-8,13H,9-10H2,(H,27,28);/q;;+1/p-1. The third kappa shape index (κ3) is 9.54. The topological polar surface area (TPSA) is 135 Å². The van der Waals surface area contributed by atoms with E-state index in [1.807, 2.05) is 4.90 Å². The van der Waals surface area contributed by atoms with Crippen LogP contribution >= 0.6 is 23.2 Å². The van der Waals surface area contributed by atoms with Crippen molar-refractivity contribution < 1.29 is 66.9 Å². The number of aromatic nitrogens is 4. The molecule has 0 saturated carbocycles. The van der Waals surface area contributed by atoms with Crippen molar-refractivity contribution in [3.05, 3.63) is 130 Å². The molecule has 4 aromatic carbocycles. The molecule has 10 nitrogen and oxygen atoms in total. The largest absolute Gasteiger partial charge is 1.00 e. The quantitative estimate of drug-likeness (QED) is 0.176. The van der Waals surface area contributed by atoms with Gasteiger partial charge in [0.25, 0.3) is 0 Å². The van der Waals surface area contributed by atoms with Gasteiger partial charge in [0.1, 0.15) is 34.9 Å². The predicted molar refractivity (Wildman–Crippen MR) is 200 cm³/mol. The van der Waals surface area contributed by atoms with Crippen LogP contribution in [0.3, 0.4) is 0 Å². The fraction of sp³-hybridized carbons (Fsp3) is 0.150. The fourth-order valence-corrected chi connectivity index (χ4v) is 6.13. The van der Waals surface area contributed by atoms with Gasteiger partial charge in [0, 0.05) is 72.5 Å². The third-order valence-electron chi connectivity index (χ3n) is 9.15. The second kappa shape index (κ2) is 17.6. The zero-order valence-electron chi connectivity index (χ0n) is 29.8. The molecule has 8 rings (SSSR count). The fourth-order valence-electron chi connectivity index (χ4n) is 5.90. The Morgan fingerprint density at radius 2 is 0.947 bits per heavy atom. The van der Waals surface area contributed by atoms with Crippen molar-refractivity contribution >= 4 is 46.8 Å². The first-order valence-electron chi connectivity index (χ1n) is 17.0. The smallest absolute Gasteiger partial charge is 0.550 e. The van der Waals surface area contributed by atoms with Gasteiger partial charge in [-0.3, -0.25) is 4.79 Å². The summed E-state index contributed by atoms with van der Waals surface area (Å²) in [6.45, 7) is 1.17. The molecule has 0 atom stereocenters. The van der Waals surface area contributed by atoms with Crippen LogP contribution in [0.4, 0.5) is 29.2 Å². The summed E-state index contributed by atoms with van der Waals surface area (Å²) in [6.07, 6.45) is 0. The molecule has 0 unspecified atom stereocenters. The van der Waals surface area contributed by atoms with Gasteiger partial charge < -0.3 is 24.8 Å². The summed E-state index contributed by atoms with van der Waals surface area (Å²) >= 11 is 11.5. The molecule has 6 aromatic rings. The first-order valence-corrected chi connectivity index (χ1v) is 17.7. The zero-order valence-corrected chi connectivity index (χ0v) is 33.4. The first-order chi connectivity index (χ1) is 26.8. The minimum Gasteiger partial charge on any atom is -0.550 e. The average molecular weight is 826 g/mol. The van der Waals surface area contributed by atoms with Crippen LogP contribution < -0.4 is 44.5 Å². The summed E-state index contributed by atoms with van der Waals surface area (Å²) in [5.74, 6) is -3.38. The molecule has 2 aliphatic rings. The van der Waals surface area contributed by atoms with E-state index in [0.717, 1.165) is 0 Å². The minimum absolute atomic E-state index is 0. The van der Waals surface area contributed by atoms with Crippen LogP contribution in [-0.2, 0) is 9.59 Å². The number of carboxylic acids is 2. The van der Waals surface area contributed by atoms with E-state index in [2.05, 4.69) is 19.9 Å². The molecule has 0 radical (unpaired) electrons. The molecule has 2 fully saturated rings. The maximum Gasteiger partial charge on any atom is 1.00 e. The van der Waals surface area contributed by atoms with E-state index in [-0.39, 0.29) is 76.0 Å². The molecule has 4 heterocycles. The first kappa shape index (κ1) is 41.5. The number of halogens is 6. The maximum atomic E-state index is 13.9. The Morgan fingerprint density at radius 1 is 0.579 bits per heavy atom. The van der Waals surface area contributed by atoms with Gasteiger partial charge in [0.2, 0.25) is 0 Å². The summed E-state index contributed by atoms with van der Waals surface area (Å²) in [4.78, 5) is 43.5. The normalized spacial score (nSPS) is 13.8. The molecule has 0 spiro atoms. The van der Waals surface area contributed by atoms with Crippen molar-refractivity contribution in [3.8, 4) is 45.3 Å². The molecule has 284 valence electrons. The van der Waals surface area contributed by atoms with E-state index < -0.39 is 35.4 Å². The molecular formula is C40H27Cl2F4N6NaO4. The molecule has 57 heavy (non-hydrogen) atoms. The molecule has 0 amide bonds. The van der Waals surface area contributed by atoms with Crippen LogP contribution in [-0.4, -0.2) is 63.2 Å². The second-order valence-corrected chi connectivity index (χ2v) is 13.8. The molecular weight excluding hydrogens is 798 g/mol. The van der Waals surface area contributed by atoms with Gasteiger partial charge in [-0.15, -0.1) is 0 Å². The molecule has 2 saturated heterocycles. The summed E-state index contributed by atoms with van der Waals surface area (Å²) in [5.41, 5.74) is 3.20. The van der Waals surface area contributed by atoms with Crippen molar-refractivity contribution in [1.29, 1.82) is 0 Å². The molecule has 17 heteroatoms. The second-order valence-electron chi connectivity index (χ2n) is 13.0. The van der Waals surface area contributed by atoms with Crippen LogP contribution in [0.15, 0.2) is 97.1 Å². The van der Waals surface area contributed by atoms with Gasteiger partial charge in [-0.2, -0.15) is 0 Å². The van der Waals surface area contributed by atoms with Crippen LogP contribution in [0, 0.1) is 35.1 Å². The van der Waals surface area contributed by atoms with E-state index in [1.165, 1.54) is 48.5 Å². The van der Waals surface area contributed by atoms with Crippen LogP contribution in [0.5, 0.6) is 0 Å². The van der Waals surface area contributed by atoms with Gasteiger partial charge in [0.15, 0.2) is 11.6 Å². The van der Waals surface area contributed by atoms with Crippen molar-refractivity contribution in [2.75, 3.05) is 36.0 Å². The van der Waals surface area contributed by atoms with Crippen molar-refractivity contribution in [2.24, 2.45) is 11.8 Å². The van der Waals surface area contributed by atoms with E-state index in [0.29, 0.717) is 58.4 Å². The third-order valence-corrected chi connectivity index (χ3v) is 9.77. The van der Waals surface area contributed by atoms with Crippen LogP contribution in [0.2, 0.25) is 10.0 Å². The van der Waals surface area contributed by atoms with E-state index in [1.54, 1.807) is 53.4 Å². The van der Waals surface area contributed by atoms with E-state index in [4.69, 9.17) is 28.3 Å². The number of carboxylic acid groups (broad SMARTS) is 2. The summed E-state index contributed by atoms with van der Waals surface area (Å²) in [6, 6.07) is 23.5.